The summed E-state index contributed by atoms with van der Waals surface area (Å²) in [5.74, 6) is 2.90. The number of halogens is 2. The number of likely N-dealkylation sites (N-methyl/N-ethyl adjacent to an activating group) is 1. The zero-order chi connectivity index (χ0) is 24.1. The van der Waals surface area contributed by atoms with Gasteiger partial charge in [0.2, 0.25) is 5.91 Å². The molecule has 0 bridgehead atoms. The third-order valence-electron chi connectivity index (χ3n) is 5.90. The average molecular weight is 510 g/mol. The lowest BCUT2D eigenvalue weighted by molar-refractivity contribution is -0.120. The molecule has 3 atom stereocenters. The number of anilines is 1. The molecule has 7 nitrogen and oxygen atoms in total. The first-order valence-electron chi connectivity index (χ1n) is 10.2. The largest absolute Gasteiger partial charge is 0.325 e. The second-order valence-corrected chi connectivity index (χ2v) is 11.7. The summed E-state index contributed by atoms with van der Waals surface area (Å²) < 4.78 is 33.1. The second-order valence-electron chi connectivity index (χ2n) is 8.10. The SMILES string of the molecule is C=S1(=O)N[C@H](c2ccc(-c3c(C)nn(C)c3C)s2)C[C@H](C(=O)Nc2ccc(F)c(Cl)c2)N1C. The summed E-state index contributed by atoms with van der Waals surface area (Å²) >= 11 is 7.41. The molecule has 11 heteroatoms. The number of nitrogens with zero attached hydrogens (tertiary/aromatic N) is 3. The minimum absolute atomic E-state index is 0.0857. The van der Waals surface area contributed by atoms with Gasteiger partial charge in [-0.1, -0.05) is 11.6 Å². The van der Waals surface area contributed by atoms with Crippen molar-refractivity contribution in [3.63, 3.8) is 0 Å². The lowest BCUT2D eigenvalue weighted by Gasteiger charge is -2.39. The maximum atomic E-state index is 13.5. The third kappa shape index (κ3) is 4.58. The van der Waals surface area contributed by atoms with Crippen LogP contribution in [0.3, 0.4) is 0 Å². The Morgan fingerprint density at radius 2 is 2.06 bits per heavy atom. The van der Waals surface area contributed by atoms with Crippen LogP contribution in [0.4, 0.5) is 10.1 Å². The summed E-state index contributed by atoms with van der Waals surface area (Å²) in [6.07, 6.45) is 0.384. The lowest BCUT2D eigenvalue weighted by Crippen LogP contribution is -2.55. The first-order chi connectivity index (χ1) is 15.5. The molecule has 1 amide bonds. The topological polar surface area (TPSA) is 79.3 Å². The van der Waals surface area contributed by atoms with Crippen molar-refractivity contribution in [2.45, 2.75) is 32.4 Å². The molecule has 1 fully saturated rings. The zero-order valence-electron chi connectivity index (χ0n) is 18.7. The molecule has 1 aliphatic rings. The van der Waals surface area contributed by atoms with Gasteiger partial charge in [0, 0.05) is 40.8 Å². The summed E-state index contributed by atoms with van der Waals surface area (Å²) in [6.45, 7) is 3.99. The monoisotopic (exact) mass is 509 g/mol. The number of thiophene rings is 1. The van der Waals surface area contributed by atoms with Crippen LogP contribution in [0.5, 0.6) is 0 Å². The Morgan fingerprint density at radius 3 is 2.70 bits per heavy atom. The van der Waals surface area contributed by atoms with E-state index in [-0.39, 0.29) is 17.0 Å². The molecular formula is C22H25ClFN5O2S2. The molecule has 0 radical (unpaired) electrons. The Morgan fingerprint density at radius 1 is 1.33 bits per heavy atom. The number of rotatable bonds is 4. The number of amides is 1. The van der Waals surface area contributed by atoms with Gasteiger partial charge >= 0.3 is 0 Å². The van der Waals surface area contributed by atoms with Crippen LogP contribution < -0.4 is 10.0 Å². The summed E-state index contributed by atoms with van der Waals surface area (Å²) in [6, 6.07) is 6.94. The molecule has 3 heterocycles. The number of nitrogens with one attached hydrogen (secondary N) is 2. The van der Waals surface area contributed by atoms with Crippen LogP contribution in [0.1, 0.15) is 28.7 Å². The molecule has 0 aliphatic carbocycles. The molecule has 1 aromatic carbocycles. The van der Waals surface area contributed by atoms with Crippen LogP contribution in [-0.4, -0.2) is 43.2 Å². The van der Waals surface area contributed by atoms with Crippen LogP contribution in [0.15, 0.2) is 30.3 Å². The van der Waals surface area contributed by atoms with Crippen molar-refractivity contribution in [3.8, 4) is 10.4 Å². The van der Waals surface area contributed by atoms with Gasteiger partial charge in [0.05, 0.1) is 26.7 Å². The summed E-state index contributed by atoms with van der Waals surface area (Å²) in [5.41, 5.74) is 3.45. The number of benzene rings is 1. The molecule has 2 aromatic heterocycles. The molecule has 0 saturated carbocycles. The fourth-order valence-corrected chi connectivity index (χ4v) is 6.88. The minimum Gasteiger partial charge on any atom is -0.325 e. The van der Waals surface area contributed by atoms with E-state index in [4.69, 9.17) is 11.6 Å². The summed E-state index contributed by atoms with van der Waals surface area (Å²) in [4.78, 5) is 15.1. The molecular weight excluding hydrogens is 485 g/mol. The van der Waals surface area contributed by atoms with E-state index in [2.05, 4.69) is 21.0 Å². The number of carbonyl (C=O) groups is 1. The predicted octanol–water partition coefficient (Wildman–Crippen LogP) is 4.08. The molecule has 33 heavy (non-hydrogen) atoms. The Hall–Kier alpha value is -2.24. The van der Waals surface area contributed by atoms with Gasteiger partial charge in [0.1, 0.15) is 11.9 Å². The van der Waals surface area contributed by atoms with Gasteiger partial charge in [0.25, 0.3) is 0 Å². The lowest BCUT2D eigenvalue weighted by atomic mass is 10.1. The van der Waals surface area contributed by atoms with E-state index in [9.17, 15) is 13.4 Å². The van der Waals surface area contributed by atoms with E-state index < -0.39 is 21.8 Å². The summed E-state index contributed by atoms with van der Waals surface area (Å²) in [7, 11) is 0.610. The van der Waals surface area contributed by atoms with E-state index in [1.165, 1.54) is 22.5 Å². The van der Waals surface area contributed by atoms with Crippen LogP contribution in [0.25, 0.3) is 10.4 Å². The van der Waals surface area contributed by atoms with Gasteiger partial charge in [-0.2, -0.15) is 5.10 Å². The van der Waals surface area contributed by atoms with Gasteiger partial charge in [-0.05, 0) is 56.5 Å². The van der Waals surface area contributed by atoms with Gasteiger partial charge in [-0.3, -0.25) is 9.48 Å². The fraction of sp³-hybridized carbons (Fsp3) is 0.318. The number of hydrogen-bond donors (Lipinski definition) is 2. The Bertz CT molecular complexity index is 1330. The zero-order valence-corrected chi connectivity index (χ0v) is 21.1. The third-order valence-corrected chi connectivity index (χ3v) is 9.25. The highest BCUT2D eigenvalue weighted by Gasteiger charge is 2.38. The molecule has 176 valence electrons. The Balaban J connectivity index is 1.60. The standard InChI is InChI=1S/C22H25ClFN5O2S2/c1-12-21(13(2)28(3)26-12)20-9-8-19(32-20)17-11-18(29(4)33(5,31)27-17)22(30)25-14-6-7-16(24)15(23)10-14/h6-10,17-18H,5,11H2,1-4H3,(H,25,30)(H,27,31)/t17-,18+,33?/m0/s1. The average Bonchev–Trinajstić information content (AvgIpc) is 3.31. The quantitative estimate of drug-likeness (QED) is 0.520. The highest BCUT2D eigenvalue weighted by molar-refractivity contribution is 7.96. The smallest absolute Gasteiger partial charge is 0.242 e. The van der Waals surface area contributed by atoms with Crippen LogP contribution in [0.2, 0.25) is 5.02 Å². The predicted molar refractivity (Wildman–Crippen MR) is 133 cm³/mol. The van der Waals surface area contributed by atoms with Crippen molar-refractivity contribution < 1.29 is 13.4 Å². The molecule has 0 spiro atoms. The van der Waals surface area contributed by atoms with Crippen molar-refractivity contribution >= 4 is 50.3 Å². The van der Waals surface area contributed by atoms with Crippen molar-refractivity contribution in [3.05, 3.63) is 57.4 Å². The van der Waals surface area contributed by atoms with E-state index in [1.807, 2.05) is 37.7 Å². The van der Waals surface area contributed by atoms with Crippen molar-refractivity contribution in [1.29, 1.82) is 0 Å². The van der Waals surface area contributed by atoms with Crippen LogP contribution >= 0.6 is 22.9 Å². The molecule has 1 aliphatic heterocycles. The molecule has 3 aromatic rings. The van der Waals surface area contributed by atoms with Gasteiger partial charge in [-0.15, -0.1) is 11.3 Å². The van der Waals surface area contributed by atoms with Crippen LogP contribution in [0, 0.1) is 19.7 Å². The minimum atomic E-state index is -2.90. The molecule has 2 N–H and O–H groups in total. The first-order valence-corrected chi connectivity index (χ1v) is 13.1. The Labute approximate surface area is 201 Å². The van der Waals surface area contributed by atoms with E-state index in [0.717, 1.165) is 26.7 Å². The van der Waals surface area contributed by atoms with Crippen molar-refractivity contribution in [2.75, 3.05) is 12.4 Å². The van der Waals surface area contributed by atoms with Gasteiger partial charge in [0.15, 0.2) is 0 Å². The number of hydrogen-bond acceptors (Lipinski definition) is 4. The number of aromatic nitrogens is 2. The first kappa shape index (κ1) is 23.9. The van der Waals surface area contributed by atoms with Crippen LogP contribution in [-0.2, 0) is 21.7 Å². The van der Waals surface area contributed by atoms with Gasteiger partial charge in [-0.25, -0.2) is 17.6 Å². The highest BCUT2D eigenvalue weighted by atomic mass is 35.5. The normalized spacial score (nSPS) is 23.6. The van der Waals surface area contributed by atoms with Crippen molar-refractivity contribution in [1.82, 2.24) is 18.8 Å². The number of carbonyl (C=O) groups excluding carboxylic acids is 1. The van der Waals surface area contributed by atoms with E-state index in [0.29, 0.717) is 12.1 Å². The second kappa shape index (κ2) is 8.84. The fourth-order valence-electron chi connectivity index (χ4n) is 3.98. The van der Waals surface area contributed by atoms with Crippen molar-refractivity contribution in [2.24, 2.45) is 7.05 Å². The highest BCUT2D eigenvalue weighted by Crippen LogP contribution is 2.38. The molecule has 4 rings (SSSR count). The maximum Gasteiger partial charge on any atom is 0.242 e. The molecule has 1 unspecified atom stereocenters. The number of aryl methyl sites for hydroxylation is 2. The van der Waals surface area contributed by atoms with E-state index >= 15 is 0 Å². The molecule has 1 saturated heterocycles. The summed E-state index contributed by atoms with van der Waals surface area (Å²) in [5, 5.41) is 7.15. The van der Waals surface area contributed by atoms with E-state index in [1.54, 1.807) is 18.4 Å². The Kier molecular flexibility index (Phi) is 6.41. The van der Waals surface area contributed by atoms with Gasteiger partial charge < -0.3 is 5.32 Å². The maximum absolute atomic E-state index is 13.5.